The molecule has 1 aromatic carbocycles. The Bertz CT molecular complexity index is 512. The summed E-state index contributed by atoms with van der Waals surface area (Å²) in [7, 11) is 1.61. The van der Waals surface area contributed by atoms with Gasteiger partial charge in [0.25, 0.3) is 0 Å². The Morgan fingerprint density at radius 1 is 1.30 bits per heavy atom. The zero-order valence-electron chi connectivity index (χ0n) is 14.2. The average molecular weight is 360 g/mol. The molecule has 0 atom stereocenters. The summed E-state index contributed by atoms with van der Waals surface area (Å²) in [6.07, 6.45) is 2.08. The Morgan fingerprint density at radius 3 is 2.70 bits per heavy atom. The highest BCUT2D eigenvalue weighted by Crippen LogP contribution is 2.36. The number of hydrogen-bond donors (Lipinski definition) is 2. The second-order valence-electron chi connectivity index (χ2n) is 4.66. The molecule has 0 aliphatic rings. The quantitative estimate of drug-likeness (QED) is 0.403. The maximum atomic E-state index is 6.28. The first-order chi connectivity index (χ1) is 11.2. The molecule has 0 spiro atoms. The number of aliphatic imine (C=N–C) groups is 1. The largest absolute Gasteiger partial charge is 0.493 e. The van der Waals surface area contributed by atoms with E-state index in [-0.39, 0.29) is 0 Å². The molecule has 0 bridgehead atoms. The SMILES string of the molecule is CCNC(=NCc1cc(Cl)c(OCC)c(OC)c1)NCCSC. The number of methoxy groups -OCH3 is 1. The average Bonchev–Trinajstić information content (AvgIpc) is 2.55. The van der Waals surface area contributed by atoms with Crippen molar-refractivity contribution in [3.63, 3.8) is 0 Å². The number of thioether (sulfide) groups is 1. The van der Waals surface area contributed by atoms with Crippen LogP contribution in [0.25, 0.3) is 0 Å². The zero-order valence-corrected chi connectivity index (χ0v) is 15.8. The smallest absolute Gasteiger partial charge is 0.191 e. The van der Waals surface area contributed by atoms with Gasteiger partial charge in [0.1, 0.15) is 0 Å². The van der Waals surface area contributed by atoms with Gasteiger partial charge in [-0.15, -0.1) is 0 Å². The monoisotopic (exact) mass is 359 g/mol. The number of guanidine groups is 1. The molecule has 0 aliphatic heterocycles. The molecule has 0 saturated heterocycles. The van der Waals surface area contributed by atoms with Crippen LogP contribution in [0.2, 0.25) is 5.02 Å². The van der Waals surface area contributed by atoms with Gasteiger partial charge in [0.15, 0.2) is 17.5 Å². The molecule has 2 N–H and O–H groups in total. The third-order valence-corrected chi connectivity index (χ3v) is 3.83. The molecule has 5 nitrogen and oxygen atoms in total. The summed E-state index contributed by atoms with van der Waals surface area (Å²) < 4.78 is 10.9. The molecule has 0 saturated carbocycles. The highest BCUT2D eigenvalue weighted by atomic mass is 35.5. The summed E-state index contributed by atoms with van der Waals surface area (Å²) in [5.41, 5.74) is 0.970. The minimum Gasteiger partial charge on any atom is -0.493 e. The molecule has 130 valence electrons. The maximum Gasteiger partial charge on any atom is 0.191 e. The van der Waals surface area contributed by atoms with E-state index in [0.29, 0.717) is 29.7 Å². The van der Waals surface area contributed by atoms with Crippen molar-refractivity contribution >= 4 is 29.3 Å². The lowest BCUT2D eigenvalue weighted by molar-refractivity contribution is 0.311. The van der Waals surface area contributed by atoms with Crippen molar-refractivity contribution in [1.82, 2.24) is 10.6 Å². The van der Waals surface area contributed by atoms with E-state index in [1.165, 1.54) is 0 Å². The topological polar surface area (TPSA) is 54.9 Å². The predicted octanol–water partition coefficient (Wildman–Crippen LogP) is 3.17. The van der Waals surface area contributed by atoms with E-state index in [0.717, 1.165) is 30.4 Å². The van der Waals surface area contributed by atoms with Crippen molar-refractivity contribution in [1.29, 1.82) is 0 Å². The van der Waals surface area contributed by atoms with Gasteiger partial charge in [0, 0.05) is 18.8 Å². The number of nitrogens with zero attached hydrogens (tertiary/aromatic N) is 1. The van der Waals surface area contributed by atoms with E-state index < -0.39 is 0 Å². The third-order valence-electron chi connectivity index (χ3n) is 2.94. The van der Waals surface area contributed by atoms with Crippen molar-refractivity contribution in [2.75, 3.05) is 38.8 Å². The molecule has 0 radical (unpaired) electrons. The van der Waals surface area contributed by atoms with Crippen molar-refractivity contribution < 1.29 is 9.47 Å². The normalized spacial score (nSPS) is 11.3. The van der Waals surface area contributed by atoms with E-state index in [4.69, 9.17) is 21.1 Å². The van der Waals surface area contributed by atoms with Crippen molar-refractivity contribution in [3.05, 3.63) is 22.7 Å². The van der Waals surface area contributed by atoms with Gasteiger partial charge in [-0.2, -0.15) is 11.8 Å². The maximum absolute atomic E-state index is 6.28. The molecule has 0 heterocycles. The van der Waals surface area contributed by atoms with Gasteiger partial charge in [0.2, 0.25) is 0 Å². The Morgan fingerprint density at radius 2 is 2.09 bits per heavy atom. The van der Waals surface area contributed by atoms with Crippen LogP contribution in [-0.4, -0.2) is 44.8 Å². The number of nitrogens with one attached hydrogen (secondary N) is 2. The first-order valence-electron chi connectivity index (χ1n) is 7.66. The summed E-state index contributed by atoms with van der Waals surface area (Å²) in [5.74, 6) is 3.04. The molecule has 1 rings (SSSR count). The van der Waals surface area contributed by atoms with Crippen LogP contribution in [0.1, 0.15) is 19.4 Å². The van der Waals surface area contributed by atoms with Crippen LogP contribution in [0.4, 0.5) is 0 Å². The summed E-state index contributed by atoms with van der Waals surface area (Å²) in [6.45, 7) is 6.70. The minimum atomic E-state index is 0.511. The van der Waals surface area contributed by atoms with Gasteiger partial charge in [-0.3, -0.25) is 0 Å². The fourth-order valence-corrected chi connectivity index (χ4v) is 2.53. The van der Waals surface area contributed by atoms with Gasteiger partial charge in [-0.1, -0.05) is 11.6 Å². The molecule has 0 aliphatic carbocycles. The number of ether oxygens (including phenoxy) is 2. The highest BCUT2D eigenvalue weighted by Gasteiger charge is 2.11. The Kier molecular flexibility index (Phi) is 9.71. The van der Waals surface area contributed by atoms with Crippen LogP contribution in [-0.2, 0) is 6.54 Å². The highest BCUT2D eigenvalue weighted by molar-refractivity contribution is 7.98. The molecule has 0 fully saturated rings. The van der Waals surface area contributed by atoms with E-state index in [1.807, 2.05) is 26.0 Å². The fraction of sp³-hybridized carbons (Fsp3) is 0.562. The molecule has 0 amide bonds. The van der Waals surface area contributed by atoms with E-state index in [1.54, 1.807) is 18.9 Å². The number of halogens is 1. The molecule has 0 unspecified atom stereocenters. The van der Waals surface area contributed by atoms with E-state index >= 15 is 0 Å². The van der Waals surface area contributed by atoms with Crippen LogP contribution in [0.3, 0.4) is 0 Å². The van der Waals surface area contributed by atoms with Crippen LogP contribution in [0.5, 0.6) is 11.5 Å². The molecular weight excluding hydrogens is 334 g/mol. The summed E-state index contributed by atoms with van der Waals surface area (Å²) in [6, 6.07) is 3.77. The molecule has 1 aromatic rings. The van der Waals surface area contributed by atoms with Gasteiger partial charge in [-0.25, -0.2) is 4.99 Å². The van der Waals surface area contributed by atoms with Crippen molar-refractivity contribution in [2.24, 2.45) is 4.99 Å². The second-order valence-corrected chi connectivity index (χ2v) is 6.05. The van der Waals surface area contributed by atoms with Gasteiger partial charge in [-0.05, 0) is 37.8 Å². The fourth-order valence-electron chi connectivity index (χ4n) is 1.93. The lowest BCUT2D eigenvalue weighted by Crippen LogP contribution is -2.38. The van der Waals surface area contributed by atoms with Gasteiger partial charge >= 0.3 is 0 Å². The first-order valence-corrected chi connectivity index (χ1v) is 9.43. The Hall–Kier alpha value is -1.27. The number of hydrogen-bond acceptors (Lipinski definition) is 4. The van der Waals surface area contributed by atoms with Crippen LogP contribution in [0, 0.1) is 0 Å². The van der Waals surface area contributed by atoms with Crippen LogP contribution >= 0.6 is 23.4 Å². The molecule has 23 heavy (non-hydrogen) atoms. The number of rotatable bonds is 9. The lowest BCUT2D eigenvalue weighted by atomic mass is 10.2. The molecule has 7 heteroatoms. The van der Waals surface area contributed by atoms with Gasteiger partial charge in [0.05, 0.1) is 25.3 Å². The summed E-state index contributed by atoms with van der Waals surface area (Å²) >= 11 is 8.08. The molecule has 0 aromatic heterocycles. The first kappa shape index (κ1) is 19.8. The van der Waals surface area contributed by atoms with Crippen molar-refractivity contribution in [2.45, 2.75) is 20.4 Å². The van der Waals surface area contributed by atoms with Crippen molar-refractivity contribution in [3.8, 4) is 11.5 Å². The van der Waals surface area contributed by atoms with E-state index in [9.17, 15) is 0 Å². The second kappa shape index (κ2) is 11.3. The molecular formula is C16H26ClN3O2S. The zero-order chi connectivity index (χ0) is 17.1. The van der Waals surface area contributed by atoms with Gasteiger partial charge < -0.3 is 20.1 Å². The van der Waals surface area contributed by atoms with Crippen LogP contribution in [0.15, 0.2) is 17.1 Å². The lowest BCUT2D eigenvalue weighted by Gasteiger charge is -2.13. The summed E-state index contributed by atoms with van der Waals surface area (Å²) in [5, 5.41) is 7.06. The standard InChI is InChI=1S/C16H26ClN3O2S/c1-5-18-16(19-7-8-23-4)20-11-12-9-13(17)15(22-6-2)14(10-12)21-3/h9-10H,5-8,11H2,1-4H3,(H2,18,19,20). The van der Waals surface area contributed by atoms with E-state index in [2.05, 4.69) is 21.9 Å². The Balaban J connectivity index is 2.84. The van der Waals surface area contributed by atoms with Crippen LogP contribution < -0.4 is 20.1 Å². The predicted molar refractivity (Wildman–Crippen MR) is 100 cm³/mol. The minimum absolute atomic E-state index is 0.511. The number of benzene rings is 1. The summed E-state index contributed by atoms with van der Waals surface area (Å²) in [4.78, 5) is 4.58. The third kappa shape index (κ3) is 6.79. The Labute approximate surface area is 148 Å².